The molecule has 0 radical (unpaired) electrons. The Morgan fingerprint density at radius 1 is 0.274 bits per heavy atom. The molecular formula is C57H36N4S. The summed E-state index contributed by atoms with van der Waals surface area (Å²) in [5, 5.41) is 5.03. The molecule has 9 aromatic carbocycles. The van der Waals surface area contributed by atoms with Gasteiger partial charge in [-0.25, -0.2) is 15.0 Å². The minimum atomic E-state index is 0.604. The summed E-state index contributed by atoms with van der Waals surface area (Å²) in [5.74, 6) is 1.83. The monoisotopic (exact) mass is 808 g/mol. The number of nitrogens with zero attached hydrogens (tertiary/aromatic N) is 4. The Balaban J connectivity index is 1.11. The molecule has 0 spiro atoms. The van der Waals surface area contributed by atoms with Crippen molar-refractivity contribution < 1.29 is 0 Å². The van der Waals surface area contributed by atoms with Crippen LogP contribution in [-0.4, -0.2) is 19.5 Å². The molecule has 12 aromatic rings. The molecule has 3 aromatic heterocycles. The molecule has 12 rings (SSSR count). The lowest BCUT2D eigenvalue weighted by Crippen LogP contribution is -2.02. The van der Waals surface area contributed by atoms with Crippen molar-refractivity contribution in [2.24, 2.45) is 0 Å². The molecule has 0 bridgehead atoms. The van der Waals surface area contributed by atoms with Crippen molar-refractivity contribution in [3.8, 4) is 73.2 Å². The first-order chi connectivity index (χ1) is 30.7. The number of fused-ring (bicyclic) bond motifs is 6. The van der Waals surface area contributed by atoms with E-state index in [1.54, 1.807) is 0 Å². The molecule has 0 unspecified atom stereocenters. The van der Waals surface area contributed by atoms with Crippen molar-refractivity contribution in [1.82, 2.24) is 19.5 Å². The average Bonchev–Trinajstić information content (AvgIpc) is 3.88. The third kappa shape index (κ3) is 6.35. The molecule has 0 N–H and O–H groups in total. The zero-order chi connectivity index (χ0) is 41.0. The quantitative estimate of drug-likeness (QED) is 0.161. The molecule has 290 valence electrons. The van der Waals surface area contributed by atoms with E-state index in [-0.39, 0.29) is 0 Å². The summed E-state index contributed by atoms with van der Waals surface area (Å²) < 4.78 is 4.98. The van der Waals surface area contributed by atoms with Crippen LogP contribution < -0.4 is 0 Å². The second-order valence-corrected chi connectivity index (χ2v) is 16.7. The van der Waals surface area contributed by atoms with E-state index in [0.29, 0.717) is 17.5 Å². The van der Waals surface area contributed by atoms with E-state index < -0.39 is 0 Å². The second kappa shape index (κ2) is 14.9. The Morgan fingerprint density at radius 3 is 1.37 bits per heavy atom. The summed E-state index contributed by atoms with van der Waals surface area (Å²) in [5.41, 5.74) is 12.8. The van der Waals surface area contributed by atoms with Crippen molar-refractivity contribution in [3.05, 3.63) is 218 Å². The second-order valence-electron chi connectivity index (χ2n) is 15.7. The van der Waals surface area contributed by atoms with Crippen LogP contribution >= 0.6 is 11.3 Å². The fourth-order valence-corrected chi connectivity index (χ4v) is 9.95. The minimum Gasteiger partial charge on any atom is -0.309 e. The van der Waals surface area contributed by atoms with Crippen LogP contribution in [0.4, 0.5) is 0 Å². The Bertz CT molecular complexity index is 3530. The lowest BCUT2D eigenvalue weighted by molar-refractivity contribution is 1.07. The van der Waals surface area contributed by atoms with E-state index in [0.717, 1.165) is 66.8 Å². The number of aromatic nitrogens is 4. The summed E-state index contributed by atoms with van der Waals surface area (Å²) in [6.07, 6.45) is 0. The number of hydrogen-bond donors (Lipinski definition) is 0. The molecule has 3 heterocycles. The molecule has 0 aliphatic heterocycles. The molecular weight excluding hydrogens is 773 g/mol. The van der Waals surface area contributed by atoms with Gasteiger partial charge in [0.2, 0.25) is 0 Å². The molecule has 4 nitrogen and oxygen atoms in total. The van der Waals surface area contributed by atoms with Gasteiger partial charge in [-0.05, 0) is 88.0 Å². The first-order valence-electron chi connectivity index (χ1n) is 20.8. The van der Waals surface area contributed by atoms with Crippen molar-refractivity contribution in [2.75, 3.05) is 0 Å². The van der Waals surface area contributed by atoms with Gasteiger partial charge in [0.25, 0.3) is 0 Å². The summed E-state index contributed by atoms with van der Waals surface area (Å²) in [6, 6.07) is 77.5. The molecule has 0 saturated heterocycles. The van der Waals surface area contributed by atoms with Gasteiger partial charge in [-0.1, -0.05) is 164 Å². The van der Waals surface area contributed by atoms with E-state index >= 15 is 0 Å². The van der Waals surface area contributed by atoms with Crippen LogP contribution in [0, 0.1) is 0 Å². The van der Waals surface area contributed by atoms with Gasteiger partial charge in [-0.2, -0.15) is 0 Å². The lowest BCUT2D eigenvalue weighted by Gasteiger charge is -2.15. The highest BCUT2D eigenvalue weighted by Crippen LogP contribution is 2.42. The van der Waals surface area contributed by atoms with Crippen molar-refractivity contribution >= 4 is 53.3 Å². The maximum Gasteiger partial charge on any atom is 0.164 e. The number of para-hydroxylation sites is 1. The van der Waals surface area contributed by atoms with Gasteiger partial charge < -0.3 is 4.57 Å². The van der Waals surface area contributed by atoms with Gasteiger partial charge in [0.1, 0.15) is 0 Å². The van der Waals surface area contributed by atoms with E-state index in [2.05, 4.69) is 211 Å². The highest BCUT2D eigenvalue weighted by Gasteiger charge is 2.19. The Labute approximate surface area is 362 Å². The predicted molar refractivity (Wildman–Crippen MR) is 260 cm³/mol. The maximum absolute atomic E-state index is 5.33. The van der Waals surface area contributed by atoms with Crippen LogP contribution in [-0.2, 0) is 0 Å². The molecule has 0 atom stereocenters. The van der Waals surface area contributed by atoms with Crippen LogP contribution in [0.25, 0.3) is 115 Å². The van der Waals surface area contributed by atoms with E-state index in [4.69, 9.17) is 15.0 Å². The third-order valence-corrected chi connectivity index (χ3v) is 12.9. The Morgan fingerprint density at radius 2 is 0.742 bits per heavy atom. The van der Waals surface area contributed by atoms with Gasteiger partial charge in [-0.3, -0.25) is 0 Å². The third-order valence-electron chi connectivity index (χ3n) is 11.8. The summed E-state index contributed by atoms with van der Waals surface area (Å²) in [7, 11) is 0. The first kappa shape index (κ1) is 35.9. The zero-order valence-corrected chi connectivity index (χ0v) is 34.3. The van der Waals surface area contributed by atoms with Gasteiger partial charge in [0.05, 0.1) is 11.0 Å². The summed E-state index contributed by atoms with van der Waals surface area (Å²) in [6.45, 7) is 0. The highest BCUT2D eigenvalue weighted by atomic mass is 32.1. The van der Waals surface area contributed by atoms with Crippen molar-refractivity contribution in [2.45, 2.75) is 0 Å². The number of thiophene rings is 1. The maximum atomic E-state index is 5.33. The molecule has 0 saturated carbocycles. The topological polar surface area (TPSA) is 43.6 Å². The molecule has 5 heteroatoms. The lowest BCUT2D eigenvalue weighted by atomic mass is 10.0. The summed E-state index contributed by atoms with van der Waals surface area (Å²) >= 11 is 1.85. The average molecular weight is 809 g/mol. The minimum absolute atomic E-state index is 0.604. The Hall–Kier alpha value is -7.99. The highest BCUT2D eigenvalue weighted by molar-refractivity contribution is 7.25. The fourth-order valence-electron chi connectivity index (χ4n) is 8.83. The van der Waals surface area contributed by atoms with Crippen LogP contribution in [0.1, 0.15) is 0 Å². The van der Waals surface area contributed by atoms with E-state index in [1.807, 2.05) is 23.5 Å². The normalized spacial score (nSPS) is 11.5. The number of hydrogen-bond acceptors (Lipinski definition) is 4. The standard InChI is InChI=1S/C57H36N4S/c1-4-16-37(17-5-1)40-22-14-24-42(30-40)55-58-56(43-25-15-23-41(31-43)38-18-6-2-7-19-38)60-57(59-55)45-32-44(39-20-8-3-9-21-39)33-46(34-45)61-51-28-12-10-26-47(51)49-35-50-48-27-11-13-29-53(48)62-54(50)36-52(49)61/h1-36H. The first-order valence-corrected chi connectivity index (χ1v) is 21.7. The molecule has 0 aliphatic rings. The van der Waals surface area contributed by atoms with Gasteiger partial charge >= 0.3 is 0 Å². The van der Waals surface area contributed by atoms with Gasteiger partial charge in [0.15, 0.2) is 17.5 Å². The largest absolute Gasteiger partial charge is 0.309 e. The predicted octanol–water partition coefficient (Wildman–Crippen LogP) is 15.3. The smallest absolute Gasteiger partial charge is 0.164 e. The zero-order valence-electron chi connectivity index (χ0n) is 33.5. The van der Waals surface area contributed by atoms with Gasteiger partial charge in [0, 0.05) is 53.3 Å². The number of benzene rings is 9. The summed E-state index contributed by atoms with van der Waals surface area (Å²) in [4.78, 5) is 15.9. The molecule has 0 amide bonds. The SMILES string of the molecule is c1ccc(-c2cccc(-c3nc(-c4cccc(-c5ccccc5)c4)nc(-c4cc(-c5ccccc5)cc(-n5c6ccccc6c6cc7c(cc65)sc5ccccc57)c4)n3)c2)cc1. The fraction of sp³-hybridized carbons (Fsp3) is 0. The van der Waals surface area contributed by atoms with Crippen LogP contribution in [0.15, 0.2) is 218 Å². The van der Waals surface area contributed by atoms with E-state index in [9.17, 15) is 0 Å². The van der Waals surface area contributed by atoms with Crippen LogP contribution in [0.3, 0.4) is 0 Å². The molecule has 62 heavy (non-hydrogen) atoms. The van der Waals surface area contributed by atoms with Crippen molar-refractivity contribution in [3.63, 3.8) is 0 Å². The van der Waals surface area contributed by atoms with Crippen LogP contribution in [0.5, 0.6) is 0 Å². The van der Waals surface area contributed by atoms with Crippen LogP contribution in [0.2, 0.25) is 0 Å². The molecule has 0 fully saturated rings. The van der Waals surface area contributed by atoms with E-state index in [1.165, 1.54) is 30.9 Å². The van der Waals surface area contributed by atoms with Crippen molar-refractivity contribution in [1.29, 1.82) is 0 Å². The Kier molecular flexibility index (Phi) is 8.65. The molecule has 0 aliphatic carbocycles. The number of rotatable bonds is 7. The van der Waals surface area contributed by atoms with Gasteiger partial charge in [-0.15, -0.1) is 11.3 Å².